The van der Waals surface area contributed by atoms with Gasteiger partial charge in [-0.15, -0.1) is 0 Å². The quantitative estimate of drug-likeness (QED) is 0.213. The first-order valence-corrected chi connectivity index (χ1v) is 13.5. The Bertz CT molecular complexity index is 1410. The third kappa shape index (κ3) is 6.42. The van der Waals surface area contributed by atoms with Crippen molar-refractivity contribution < 1.29 is 27.5 Å². The lowest BCUT2D eigenvalue weighted by Gasteiger charge is -2.28. The molecule has 0 saturated carbocycles. The van der Waals surface area contributed by atoms with E-state index in [-0.39, 0.29) is 13.1 Å². The van der Waals surface area contributed by atoms with Gasteiger partial charge in [0.25, 0.3) is 5.91 Å². The van der Waals surface area contributed by atoms with Crippen LogP contribution in [0.2, 0.25) is 5.02 Å². The zero-order chi connectivity index (χ0) is 28.4. The first kappa shape index (κ1) is 29.0. The minimum absolute atomic E-state index is 0.208. The van der Waals surface area contributed by atoms with Crippen molar-refractivity contribution in [1.82, 2.24) is 5.01 Å². The highest BCUT2D eigenvalue weighted by Crippen LogP contribution is 2.39. The number of anilines is 1. The molecule has 3 aromatic carbocycles. The summed E-state index contributed by atoms with van der Waals surface area (Å²) >= 11 is 9.99. The molecule has 0 aromatic heterocycles. The number of methoxy groups -OCH3 is 1. The van der Waals surface area contributed by atoms with Crippen LogP contribution in [-0.4, -0.2) is 42.1 Å². The molecule has 1 amide bonds. The Morgan fingerprint density at radius 1 is 1.13 bits per heavy atom. The first-order valence-electron chi connectivity index (χ1n) is 11.5. The van der Waals surface area contributed by atoms with Crippen molar-refractivity contribution in [2.45, 2.75) is 18.5 Å². The molecular weight excluding hydrogens is 619 g/mol. The molecule has 4 rings (SSSR count). The van der Waals surface area contributed by atoms with Crippen molar-refractivity contribution in [3.8, 4) is 0 Å². The van der Waals surface area contributed by atoms with Crippen LogP contribution in [0.15, 0.2) is 82.4 Å². The maximum Gasteiger partial charge on any atom is 0.417 e. The van der Waals surface area contributed by atoms with Gasteiger partial charge >= 0.3 is 11.5 Å². The number of hydrazone groups is 1. The van der Waals surface area contributed by atoms with Crippen molar-refractivity contribution in [2.75, 3.05) is 24.5 Å². The lowest BCUT2D eigenvalue weighted by molar-refractivity contribution is -0.137. The van der Waals surface area contributed by atoms with Crippen LogP contribution in [0, 0.1) is 0 Å². The van der Waals surface area contributed by atoms with Gasteiger partial charge in [-0.3, -0.25) is 9.80 Å². The van der Waals surface area contributed by atoms with Gasteiger partial charge in [-0.1, -0.05) is 63.9 Å². The SMILES string of the molecule is COC(=O)SN(C(=O)CN1CC(C)(c2ccccc2)C(c2ccc(C(F)(F)F)c(Cl)c2)=N1)c1ccc(Br)cc1. The van der Waals surface area contributed by atoms with Gasteiger partial charge in [0.2, 0.25) is 0 Å². The number of halogens is 5. The highest BCUT2D eigenvalue weighted by molar-refractivity contribution is 9.10. The zero-order valence-corrected chi connectivity index (χ0v) is 23.9. The summed E-state index contributed by atoms with van der Waals surface area (Å²) in [6, 6.07) is 19.7. The van der Waals surface area contributed by atoms with Gasteiger partial charge in [0, 0.05) is 10.0 Å². The molecule has 204 valence electrons. The Hall–Kier alpha value is -3.02. The average Bonchev–Trinajstić information content (AvgIpc) is 3.24. The van der Waals surface area contributed by atoms with Crippen molar-refractivity contribution >= 4 is 62.1 Å². The fourth-order valence-electron chi connectivity index (χ4n) is 4.28. The number of nitrogens with zero attached hydrogens (tertiary/aromatic N) is 3. The molecule has 3 aromatic rings. The van der Waals surface area contributed by atoms with Crippen LogP contribution >= 0.6 is 39.5 Å². The summed E-state index contributed by atoms with van der Waals surface area (Å²) in [5, 5.41) is 5.10. The number of amides is 1. The number of carbonyl (C=O) groups excluding carboxylic acids is 2. The van der Waals surface area contributed by atoms with Crippen LogP contribution in [0.1, 0.15) is 23.6 Å². The van der Waals surface area contributed by atoms with Gasteiger partial charge in [0.05, 0.1) is 53.0 Å². The molecule has 0 spiro atoms. The Labute approximate surface area is 241 Å². The van der Waals surface area contributed by atoms with E-state index in [1.54, 1.807) is 29.3 Å². The topological polar surface area (TPSA) is 62.2 Å². The smallest absolute Gasteiger partial charge is 0.417 e. The van der Waals surface area contributed by atoms with E-state index >= 15 is 0 Å². The normalized spacial score (nSPS) is 17.1. The van der Waals surface area contributed by atoms with Gasteiger partial charge < -0.3 is 4.74 Å². The maximum atomic E-state index is 13.5. The summed E-state index contributed by atoms with van der Waals surface area (Å²) in [5.41, 5.74) is 0.481. The molecule has 1 aliphatic heterocycles. The fraction of sp³-hybridized carbons (Fsp3) is 0.222. The van der Waals surface area contributed by atoms with E-state index in [2.05, 4.69) is 21.0 Å². The van der Waals surface area contributed by atoms with Crippen molar-refractivity contribution in [1.29, 1.82) is 0 Å². The van der Waals surface area contributed by atoms with E-state index in [4.69, 9.17) is 16.3 Å². The largest absolute Gasteiger partial charge is 0.460 e. The molecule has 0 bridgehead atoms. The van der Waals surface area contributed by atoms with Crippen LogP contribution in [0.4, 0.5) is 23.7 Å². The minimum Gasteiger partial charge on any atom is -0.460 e. The van der Waals surface area contributed by atoms with Crippen molar-refractivity contribution in [3.05, 3.63) is 99.0 Å². The van der Waals surface area contributed by atoms with E-state index in [9.17, 15) is 22.8 Å². The number of hydrogen-bond donors (Lipinski definition) is 0. The standard InChI is InChI=1S/C27H22BrClF3N3O3S/c1-26(18-6-4-3-5-7-18)16-34(33-24(26)17-8-13-21(22(29)14-17)27(30,31)32)15-23(36)35(39-25(37)38-2)20-11-9-19(28)10-12-20/h3-14H,15-16H2,1-2H3. The summed E-state index contributed by atoms with van der Waals surface area (Å²) in [6.45, 7) is 1.96. The van der Waals surface area contributed by atoms with E-state index in [1.165, 1.54) is 23.5 Å². The molecule has 0 radical (unpaired) electrons. The summed E-state index contributed by atoms with van der Waals surface area (Å²) in [4.78, 5) is 25.5. The highest BCUT2D eigenvalue weighted by atomic mass is 79.9. The molecule has 6 nitrogen and oxygen atoms in total. The highest BCUT2D eigenvalue weighted by Gasteiger charge is 2.42. The molecule has 0 fully saturated rings. The number of alkyl halides is 3. The number of ether oxygens (including phenoxy) is 1. The number of hydrogen-bond acceptors (Lipinski definition) is 6. The molecule has 0 aliphatic carbocycles. The molecule has 1 aliphatic rings. The van der Waals surface area contributed by atoms with Gasteiger partial charge in [0.1, 0.15) is 6.54 Å². The maximum absolute atomic E-state index is 13.5. The molecule has 0 N–H and O–H groups in total. The van der Waals surface area contributed by atoms with Gasteiger partial charge in [-0.05, 0) is 48.9 Å². The van der Waals surface area contributed by atoms with E-state index in [1.807, 2.05) is 37.3 Å². The fourth-order valence-corrected chi connectivity index (χ4v) is 5.44. The average molecular weight is 641 g/mol. The molecule has 0 saturated heterocycles. The third-order valence-electron chi connectivity index (χ3n) is 6.16. The Morgan fingerprint density at radius 3 is 2.38 bits per heavy atom. The second-order valence-corrected chi connectivity index (χ2v) is 11.1. The molecule has 1 atom stereocenters. The van der Waals surface area contributed by atoms with Gasteiger partial charge in [-0.25, -0.2) is 9.10 Å². The molecular formula is C27H22BrClF3N3O3S. The third-order valence-corrected chi connectivity index (χ3v) is 7.91. The second-order valence-electron chi connectivity index (χ2n) is 8.87. The van der Waals surface area contributed by atoms with E-state index in [0.717, 1.165) is 16.1 Å². The summed E-state index contributed by atoms with van der Waals surface area (Å²) in [6.07, 6.45) is -4.60. The van der Waals surface area contributed by atoms with E-state index < -0.39 is 33.4 Å². The van der Waals surface area contributed by atoms with Crippen LogP contribution in [-0.2, 0) is 21.1 Å². The molecule has 1 unspecified atom stereocenters. The summed E-state index contributed by atoms with van der Waals surface area (Å²) in [5.74, 6) is -0.446. The van der Waals surface area contributed by atoms with Crippen molar-refractivity contribution in [3.63, 3.8) is 0 Å². The predicted octanol–water partition coefficient (Wildman–Crippen LogP) is 7.55. The number of carbonyl (C=O) groups is 2. The van der Waals surface area contributed by atoms with Crippen LogP contribution < -0.4 is 4.31 Å². The van der Waals surface area contributed by atoms with E-state index in [0.29, 0.717) is 28.9 Å². The van der Waals surface area contributed by atoms with Gasteiger partial charge in [-0.2, -0.15) is 18.3 Å². The van der Waals surface area contributed by atoms with Crippen LogP contribution in [0.5, 0.6) is 0 Å². The van der Waals surface area contributed by atoms with Crippen LogP contribution in [0.25, 0.3) is 0 Å². The van der Waals surface area contributed by atoms with Crippen LogP contribution in [0.3, 0.4) is 0 Å². The Kier molecular flexibility index (Phi) is 8.63. The van der Waals surface area contributed by atoms with Crippen molar-refractivity contribution in [2.24, 2.45) is 5.10 Å². The lowest BCUT2D eigenvalue weighted by Crippen LogP contribution is -2.39. The Morgan fingerprint density at radius 2 is 1.79 bits per heavy atom. The molecule has 1 heterocycles. The lowest BCUT2D eigenvalue weighted by atomic mass is 9.76. The minimum atomic E-state index is -4.60. The zero-order valence-electron chi connectivity index (χ0n) is 20.7. The second kappa shape index (κ2) is 11.6. The summed E-state index contributed by atoms with van der Waals surface area (Å²) < 4.78 is 46.8. The molecule has 39 heavy (non-hydrogen) atoms. The monoisotopic (exact) mass is 639 g/mol. The number of rotatable bonds is 5. The Balaban J connectivity index is 1.70. The first-order chi connectivity index (χ1) is 18.4. The number of benzene rings is 3. The van der Waals surface area contributed by atoms with Gasteiger partial charge in [0.15, 0.2) is 0 Å². The predicted molar refractivity (Wildman–Crippen MR) is 150 cm³/mol. The summed E-state index contributed by atoms with van der Waals surface area (Å²) in [7, 11) is 1.22. The molecule has 12 heteroatoms.